The lowest BCUT2D eigenvalue weighted by atomic mass is 9.99. The summed E-state index contributed by atoms with van der Waals surface area (Å²) in [5.41, 5.74) is 4.51. The second-order valence-electron chi connectivity index (χ2n) is 5.82. The number of carbonyl (C=O) groups is 1. The zero-order valence-corrected chi connectivity index (χ0v) is 11.6. The topological polar surface area (TPSA) is 84.6 Å². The van der Waals surface area contributed by atoms with E-state index in [1.54, 1.807) is 12.1 Å². The molecule has 6 heteroatoms. The van der Waals surface area contributed by atoms with Crippen molar-refractivity contribution >= 4 is 17.3 Å². The normalized spacial score (nSPS) is 25.2. The van der Waals surface area contributed by atoms with Gasteiger partial charge in [0.2, 0.25) is 5.91 Å². The number of non-ortho nitro benzene ring substituents is 1. The molecule has 2 saturated carbocycles. The maximum absolute atomic E-state index is 11.8. The molecule has 1 aromatic rings. The fourth-order valence-electron chi connectivity index (χ4n) is 3.26. The van der Waals surface area contributed by atoms with Crippen LogP contribution in [0.2, 0.25) is 0 Å². The molecule has 2 aliphatic carbocycles. The molecular formula is C15H17N3O3. The minimum atomic E-state index is -0.453. The van der Waals surface area contributed by atoms with Crippen LogP contribution in [0.5, 0.6) is 0 Å². The van der Waals surface area contributed by atoms with E-state index in [9.17, 15) is 14.9 Å². The SMILES string of the molecule is O=C(Cc1ccc([N+](=O)[O-])cc1)N/N=C1\CC2CCC1C2. The average molecular weight is 287 g/mol. The molecule has 2 fully saturated rings. The first-order chi connectivity index (χ1) is 10.1. The van der Waals surface area contributed by atoms with Crippen LogP contribution in [0.25, 0.3) is 0 Å². The number of hydrazone groups is 1. The van der Waals surface area contributed by atoms with Crippen LogP contribution in [0.1, 0.15) is 31.2 Å². The number of nitro groups is 1. The smallest absolute Gasteiger partial charge is 0.269 e. The summed E-state index contributed by atoms with van der Waals surface area (Å²) < 4.78 is 0. The van der Waals surface area contributed by atoms with E-state index in [0.717, 1.165) is 23.6 Å². The number of hydrogen-bond donors (Lipinski definition) is 1. The van der Waals surface area contributed by atoms with Gasteiger partial charge >= 0.3 is 0 Å². The largest absolute Gasteiger partial charge is 0.273 e. The summed E-state index contributed by atoms with van der Waals surface area (Å²) >= 11 is 0. The van der Waals surface area contributed by atoms with Gasteiger partial charge in [0, 0.05) is 17.8 Å². The molecule has 1 amide bonds. The van der Waals surface area contributed by atoms with Gasteiger partial charge in [-0.05, 0) is 43.1 Å². The number of benzene rings is 1. The van der Waals surface area contributed by atoms with Gasteiger partial charge in [0.05, 0.1) is 11.3 Å². The van der Waals surface area contributed by atoms with Gasteiger partial charge in [0.1, 0.15) is 0 Å². The molecule has 0 spiro atoms. The Balaban J connectivity index is 1.54. The molecule has 2 aliphatic rings. The van der Waals surface area contributed by atoms with Crippen LogP contribution in [-0.4, -0.2) is 16.5 Å². The van der Waals surface area contributed by atoms with Crippen molar-refractivity contribution in [1.29, 1.82) is 0 Å². The minimum Gasteiger partial charge on any atom is -0.273 e. The molecule has 21 heavy (non-hydrogen) atoms. The molecule has 3 rings (SSSR count). The van der Waals surface area contributed by atoms with Crippen LogP contribution >= 0.6 is 0 Å². The van der Waals surface area contributed by atoms with Crippen LogP contribution in [0.4, 0.5) is 5.69 Å². The van der Waals surface area contributed by atoms with Gasteiger partial charge in [0.15, 0.2) is 0 Å². The number of amides is 1. The Labute approximate surface area is 122 Å². The number of fused-ring (bicyclic) bond motifs is 2. The maximum atomic E-state index is 11.8. The van der Waals surface area contributed by atoms with E-state index in [4.69, 9.17) is 0 Å². The third kappa shape index (κ3) is 3.09. The third-order valence-corrected chi connectivity index (χ3v) is 4.35. The highest BCUT2D eigenvalue weighted by Crippen LogP contribution is 2.42. The quantitative estimate of drug-likeness (QED) is 0.681. The highest BCUT2D eigenvalue weighted by atomic mass is 16.6. The minimum absolute atomic E-state index is 0.0291. The molecule has 1 aromatic carbocycles. The zero-order valence-electron chi connectivity index (χ0n) is 11.6. The Morgan fingerprint density at radius 2 is 2.10 bits per heavy atom. The van der Waals surface area contributed by atoms with Crippen molar-refractivity contribution in [2.24, 2.45) is 16.9 Å². The summed E-state index contributed by atoms with van der Waals surface area (Å²) in [5, 5.41) is 14.8. The van der Waals surface area contributed by atoms with Crippen molar-refractivity contribution in [3.05, 3.63) is 39.9 Å². The Morgan fingerprint density at radius 1 is 1.33 bits per heavy atom. The molecule has 0 saturated heterocycles. The van der Waals surface area contributed by atoms with E-state index in [2.05, 4.69) is 10.5 Å². The van der Waals surface area contributed by atoms with Gasteiger partial charge in [-0.1, -0.05) is 12.1 Å². The molecule has 0 radical (unpaired) electrons. The Morgan fingerprint density at radius 3 is 2.67 bits per heavy atom. The van der Waals surface area contributed by atoms with Crippen molar-refractivity contribution in [2.75, 3.05) is 0 Å². The van der Waals surface area contributed by atoms with E-state index in [0.29, 0.717) is 5.92 Å². The Kier molecular flexibility index (Phi) is 3.68. The lowest BCUT2D eigenvalue weighted by Gasteiger charge is -2.11. The van der Waals surface area contributed by atoms with Crippen LogP contribution < -0.4 is 5.43 Å². The third-order valence-electron chi connectivity index (χ3n) is 4.35. The predicted octanol–water partition coefficient (Wildman–Crippen LogP) is 2.43. The summed E-state index contributed by atoms with van der Waals surface area (Å²) in [6.07, 6.45) is 4.91. The van der Waals surface area contributed by atoms with Gasteiger partial charge in [0.25, 0.3) is 5.69 Å². The second-order valence-corrected chi connectivity index (χ2v) is 5.82. The monoisotopic (exact) mass is 287 g/mol. The summed E-state index contributed by atoms with van der Waals surface area (Å²) in [5.74, 6) is 1.15. The van der Waals surface area contributed by atoms with Crippen molar-refractivity contribution in [3.8, 4) is 0 Å². The van der Waals surface area contributed by atoms with Gasteiger partial charge in [-0.25, -0.2) is 5.43 Å². The summed E-state index contributed by atoms with van der Waals surface area (Å²) in [6.45, 7) is 0. The predicted molar refractivity (Wildman–Crippen MR) is 77.8 cm³/mol. The van der Waals surface area contributed by atoms with Gasteiger partial charge < -0.3 is 0 Å². The highest BCUT2D eigenvalue weighted by Gasteiger charge is 2.36. The lowest BCUT2D eigenvalue weighted by Crippen LogP contribution is -2.23. The molecule has 0 aromatic heterocycles. The lowest BCUT2D eigenvalue weighted by molar-refractivity contribution is -0.384. The van der Waals surface area contributed by atoms with Crippen molar-refractivity contribution in [1.82, 2.24) is 5.43 Å². The molecule has 6 nitrogen and oxygen atoms in total. The van der Waals surface area contributed by atoms with Crippen LogP contribution in [0.15, 0.2) is 29.4 Å². The summed E-state index contributed by atoms with van der Waals surface area (Å²) in [6, 6.07) is 6.01. The molecule has 110 valence electrons. The van der Waals surface area contributed by atoms with E-state index >= 15 is 0 Å². The molecule has 1 N–H and O–H groups in total. The van der Waals surface area contributed by atoms with Gasteiger partial charge in [-0.2, -0.15) is 5.10 Å². The molecule has 2 unspecified atom stereocenters. The number of hydrogen-bond acceptors (Lipinski definition) is 4. The average Bonchev–Trinajstić information content (AvgIpc) is 3.08. The molecule has 0 heterocycles. The Hall–Kier alpha value is -2.24. The van der Waals surface area contributed by atoms with Gasteiger partial charge in [-0.3, -0.25) is 14.9 Å². The molecule has 0 aliphatic heterocycles. The fourth-order valence-corrected chi connectivity index (χ4v) is 3.26. The first-order valence-corrected chi connectivity index (χ1v) is 7.20. The van der Waals surface area contributed by atoms with Gasteiger partial charge in [-0.15, -0.1) is 0 Å². The molecular weight excluding hydrogens is 270 g/mol. The van der Waals surface area contributed by atoms with E-state index < -0.39 is 4.92 Å². The zero-order chi connectivity index (χ0) is 14.8. The van der Waals surface area contributed by atoms with E-state index in [1.807, 2.05) is 0 Å². The second kappa shape index (κ2) is 5.63. The number of rotatable bonds is 4. The van der Waals surface area contributed by atoms with Crippen LogP contribution in [0, 0.1) is 22.0 Å². The summed E-state index contributed by atoms with van der Waals surface area (Å²) in [4.78, 5) is 21.9. The summed E-state index contributed by atoms with van der Waals surface area (Å²) in [7, 11) is 0. The highest BCUT2D eigenvalue weighted by molar-refractivity contribution is 5.91. The number of carbonyl (C=O) groups excluding carboxylic acids is 1. The van der Waals surface area contributed by atoms with Crippen molar-refractivity contribution in [3.63, 3.8) is 0 Å². The number of nitrogens with zero attached hydrogens (tertiary/aromatic N) is 2. The van der Waals surface area contributed by atoms with Crippen LogP contribution in [-0.2, 0) is 11.2 Å². The standard InChI is InChI=1S/C15H17N3O3/c19-15(9-10-2-5-13(6-3-10)18(20)21)17-16-14-8-11-1-4-12(14)7-11/h2-3,5-6,11-12H,1,4,7-9H2,(H,17,19)/b16-14+. The first-order valence-electron chi connectivity index (χ1n) is 7.20. The Bertz CT molecular complexity index is 595. The van der Waals surface area contributed by atoms with Crippen LogP contribution in [0.3, 0.4) is 0 Å². The molecule has 2 atom stereocenters. The van der Waals surface area contributed by atoms with E-state index in [1.165, 1.54) is 31.4 Å². The van der Waals surface area contributed by atoms with Crippen molar-refractivity contribution in [2.45, 2.75) is 32.1 Å². The fraction of sp³-hybridized carbons (Fsp3) is 0.467. The first kappa shape index (κ1) is 13.7. The maximum Gasteiger partial charge on any atom is 0.269 e. The van der Waals surface area contributed by atoms with E-state index in [-0.39, 0.29) is 18.0 Å². The molecule has 2 bridgehead atoms. The number of nitro benzene ring substituents is 1. The van der Waals surface area contributed by atoms with Crippen molar-refractivity contribution < 1.29 is 9.72 Å². The number of nitrogens with one attached hydrogen (secondary N) is 1.